The zero-order chi connectivity index (χ0) is 17.5. The lowest BCUT2D eigenvalue weighted by Gasteiger charge is -2.09. The van der Waals surface area contributed by atoms with Crippen molar-refractivity contribution in [1.82, 2.24) is 20.6 Å². The van der Waals surface area contributed by atoms with Gasteiger partial charge in [-0.3, -0.25) is 9.59 Å². The van der Waals surface area contributed by atoms with E-state index in [2.05, 4.69) is 20.6 Å². The summed E-state index contributed by atoms with van der Waals surface area (Å²) < 4.78 is 0. The van der Waals surface area contributed by atoms with Crippen molar-refractivity contribution in [3.63, 3.8) is 0 Å². The van der Waals surface area contributed by atoms with E-state index in [1.807, 2.05) is 18.2 Å². The Bertz CT molecular complexity index is 771. The molecule has 1 unspecified atom stereocenters. The van der Waals surface area contributed by atoms with Gasteiger partial charge in [-0.05, 0) is 44.0 Å². The summed E-state index contributed by atoms with van der Waals surface area (Å²) in [6.07, 6.45) is 2.75. The molecule has 134 valence electrons. The molecule has 6 nitrogen and oxygen atoms in total. The molecule has 3 N–H and O–H groups in total. The van der Waals surface area contributed by atoms with Crippen molar-refractivity contribution in [3.05, 3.63) is 40.4 Å². The quantitative estimate of drug-likeness (QED) is 0.623. The van der Waals surface area contributed by atoms with Gasteiger partial charge in [0, 0.05) is 18.7 Å². The first-order valence-electron chi connectivity index (χ1n) is 8.75. The summed E-state index contributed by atoms with van der Waals surface area (Å²) in [4.78, 5) is 31.1. The number of aromatic amines is 1. The molecule has 1 aromatic carbocycles. The molecule has 2 heterocycles. The van der Waals surface area contributed by atoms with E-state index in [0.29, 0.717) is 40.6 Å². The van der Waals surface area contributed by atoms with E-state index in [-0.39, 0.29) is 11.5 Å². The molecule has 0 saturated carbocycles. The first-order valence-corrected chi connectivity index (χ1v) is 9.91. The molecule has 0 bridgehead atoms. The Morgan fingerprint density at radius 2 is 2.24 bits per heavy atom. The number of hydrogen-bond donors (Lipinski definition) is 3. The summed E-state index contributed by atoms with van der Waals surface area (Å²) in [5.74, 6) is 2.76. The third-order valence-electron chi connectivity index (χ3n) is 4.41. The minimum absolute atomic E-state index is 0.0958. The van der Waals surface area contributed by atoms with Crippen LogP contribution in [-0.4, -0.2) is 41.3 Å². The lowest BCUT2D eigenvalue weighted by atomic mass is 10.1. The minimum atomic E-state index is -0.111. The SMILES string of the molecule is O=C(CCSCc1nc2ccccc2c(=O)[nH]1)NCCC1CCNC1. The second kappa shape index (κ2) is 9.01. The third-order valence-corrected chi connectivity index (χ3v) is 5.38. The molecule has 1 aromatic heterocycles. The summed E-state index contributed by atoms with van der Waals surface area (Å²) >= 11 is 1.61. The van der Waals surface area contributed by atoms with Gasteiger partial charge in [0.1, 0.15) is 5.82 Å². The molecule has 1 amide bonds. The average Bonchev–Trinajstić information content (AvgIpc) is 3.12. The Morgan fingerprint density at radius 3 is 3.08 bits per heavy atom. The minimum Gasteiger partial charge on any atom is -0.356 e. The van der Waals surface area contributed by atoms with Gasteiger partial charge in [-0.2, -0.15) is 11.8 Å². The van der Waals surface area contributed by atoms with Gasteiger partial charge in [-0.25, -0.2) is 4.98 Å². The maximum Gasteiger partial charge on any atom is 0.258 e. The average molecular weight is 360 g/mol. The third kappa shape index (κ3) is 5.31. The van der Waals surface area contributed by atoms with Crippen LogP contribution in [-0.2, 0) is 10.5 Å². The Balaban J connectivity index is 1.36. The van der Waals surface area contributed by atoms with Gasteiger partial charge in [0.2, 0.25) is 5.91 Å². The lowest BCUT2D eigenvalue weighted by molar-refractivity contribution is -0.120. The smallest absolute Gasteiger partial charge is 0.258 e. The molecular weight excluding hydrogens is 336 g/mol. The van der Waals surface area contributed by atoms with Crippen LogP contribution in [0, 0.1) is 5.92 Å². The zero-order valence-electron chi connectivity index (χ0n) is 14.2. The van der Waals surface area contributed by atoms with E-state index in [1.165, 1.54) is 6.42 Å². The molecule has 2 aromatic rings. The monoisotopic (exact) mass is 360 g/mol. The highest BCUT2D eigenvalue weighted by Gasteiger charge is 2.14. The van der Waals surface area contributed by atoms with Crippen LogP contribution in [0.15, 0.2) is 29.1 Å². The van der Waals surface area contributed by atoms with Gasteiger partial charge >= 0.3 is 0 Å². The highest BCUT2D eigenvalue weighted by molar-refractivity contribution is 7.98. The second-order valence-corrected chi connectivity index (χ2v) is 7.43. The summed E-state index contributed by atoms with van der Waals surface area (Å²) in [6.45, 7) is 2.93. The number of thioether (sulfide) groups is 1. The fourth-order valence-electron chi connectivity index (χ4n) is 3.00. The summed E-state index contributed by atoms with van der Waals surface area (Å²) in [5.41, 5.74) is 0.598. The Morgan fingerprint density at radius 1 is 1.36 bits per heavy atom. The number of H-pyrrole nitrogens is 1. The molecule has 1 aliphatic rings. The predicted octanol–water partition coefficient (Wildman–Crippen LogP) is 1.66. The Labute approximate surface area is 151 Å². The molecule has 0 aliphatic carbocycles. The largest absolute Gasteiger partial charge is 0.356 e. The summed E-state index contributed by atoms with van der Waals surface area (Å²) in [7, 11) is 0. The van der Waals surface area contributed by atoms with Gasteiger partial charge in [0.05, 0.1) is 16.7 Å². The number of fused-ring (bicyclic) bond motifs is 1. The van der Waals surface area contributed by atoms with Crippen molar-refractivity contribution in [1.29, 1.82) is 0 Å². The first-order chi connectivity index (χ1) is 12.2. The number of hydrogen-bond acceptors (Lipinski definition) is 5. The molecule has 3 rings (SSSR count). The highest BCUT2D eigenvalue weighted by atomic mass is 32.2. The topological polar surface area (TPSA) is 86.9 Å². The molecule has 1 atom stereocenters. The van der Waals surface area contributed by atoms with E-state index in [1.54, 1.807) is 17.8 Å². The van der Waals surface area contributed by atoms with Crippen LogP contribution in [0.5, 0.6) is 0 Å². The normalized spacial score (nSPS) is 17.0. The standard InChI is InChI=1S/C18H24N4O2S/c23-17(20-9-6-13-5-8-19-11-13)7-10-25-12-16-21-15-4-2-1-3-14(15)18(24)22-16/h1-4,13,19H,5-12H2,(H,20,23)(H,21,22,24). The van der Waals surface area contributed by atoms with Crippen LogP contribution in [0.4, 0.5) is 0 Å². The molecule has 1 aliphatic heterocycles. The number of nitrogens with zero attached hydrogens (tertiary/aromatic N) is 1. The van der Waals surface area contributed by atoms with Crippen molar-refractivity contribution in [2.75, 3.05) is 25.4 Å². The van der Waals surface area contributed by atoms with Gasteiger partial charge in [-0.15, -0.1) is 0 Å². The van der Waals surface area contributed by atoms with E-state index < -0.39 is 0 Å². The van der Waals surface area contributed by atoms with Crippen molar-refractivity contribution in [3.8, 4) is 0 Å². The molecule has 0 spiro atoms. The van der Waals surface area contributed by atoms with Gasteiger partial charge in [0.15, 0.2) is 0 Å². The molecular formula is C18H24N4O2S. The van der Waals surface area contributed by atoms with Crippen LogP contribution in [0.1, 0.15) is 25.1 Å². The number of carbonyl (C=O) groups excluding carboxylic acids is 1. The molecule has 0 radical (unpaired) electrons. The molecule has 1 fully saturated rings. The van der Waals surface area contributed by atoms with Gasteiger partial charge in [-0.1, -0.05) is 12.1 Å². The fourth-order valence-corrected chi connectivity index (χ4v) is 3.81. The number of carbonyl (C=O) groups is 1. The zero-order valence-corrected chi connectivity index (χ0v) is 15.0. The lowest BCUT2D eigenvalue weighted by Crippen LogP contribution is -2.26. The number of aromatic nitrogens is 2. The highest BCUT2D eigenvalue weighted by Crippen LogP contribution is 2.13. The van der Waals surface area contributed by atoms with Crippen LogP contribution in [0.2, 0.25) is 0 Å². The van der Waals surface area contributed by atoms with Crippen LogP contribution in [0.3, 0.4) is 0 Å². The number of amides is 1. The van der Waals surface area contributed by atoms with Crippen molar-refractivity contribution < 1.29 is 4.79 Å². The maximum atomic E-state index is 12.0. The van der Waals surface area contributed by atoms with Gasteiger partial charge < -0.3 is 15.6 Å². The Kier molecular flexibility index (Phi) is 6.47. The maximum absolute atomic E-state index is 12.0. The predicted molar refractivity (Wildman–Crippen MR) is 102 cm³/mol. The number of nitrogens with one attached hydrogen (secondary N) is 3. The van der Waals surface area contributed by atoms with E-state index in [4.69, 9.17) is 0 Å². The van der Waals surface area contributed by atoms with E-state index in [9.17, 15) is 9.59 Å². The summed E-state index contributed by atoms with van der Waals surface area (Å²) in [5, 5.41) is 6.93. The molecule has 1 saturated heterocycles. The Hall–Kier alpha value is -1.86. The molecule has 7 heteroatoms. The van der Waals surface area contributed by atoms with Crippen LogP contribution >= 0.6 is 11.8 Å². The van der Waals surface area contributed by atoms with Gasteiger partial charge in [0.25, 0.3) is 5.56 Å². The van der Waals surface area contributed by atoms with Crippen molar-refractivity contribution in [2.45, 2.75) is 25.0 Å². The number of para-hydroxylation sites is 1. The first kappa shape index (κ1) is 17.9. The van der Waals surface area contributed by atoms with Crippen LogP contribution in [0.25, 0.3) is 10.9 Å². The second-order valence-electron chi connectivity index (χ2n) is 6.33. The number of rotatable bonds is 8. The molecule has 25 heavy (non-hydrogen) atoms. The number of benzene rings is 1. The summed E-state index contributed by atoms with van der Waals surface area (Å²) in [6, 6.07) is 7.31. The fraction of sp³-hybridized carbons (Fsp3) is 0.500. The van der Waals surface area contributed by atoms with Crippen molar-refractivity contribution >= 4 is 28.6 Å². The van der Waals surface area contributed by atoms with E-state index >= 15 is 0 Å². The van der Waals surface area contributed by atoms with Crippen molar-refractivity contribution in [2.24, 2.45) is 5.92 Å². The van der Waals surface area contributed by atoms with E-state index in [0.717, 1.165) is 26.1 Å². The van der Waals surface area contributed by atoms with Crippen LogP contribution < -0.4 is 16.2 Å².